The molecule has 0 spiro atoms. The van der Waals surface area contributed by atoms with E-state index in [2.05, 4.69) is 45.6 Å². The molecular formula is C31H43N7O3. The minimum absolute atomic E-state index is 0. The number of aliphatic imine (C=N–C) groups is 1. The van der Waals surface area contributed by atoms with Crippen molar-refractivity contribution in [1.82, 2.24) is 19.5 Å². The van der Waals surface area contributed by atoms with E-state index in [0.717, 1.165) is 55.3 Å². The van der Waals surface area contributed by atoms with Crippen molar-refractivity contribution in [3.8, 4) is 0 Å². The number of carbonyl (C=O) groups is 1. The second-order valence-corrected chi connectivity index (χ2v) is 12.1. The molecule has 0 unspecified atom stereocenters. The number of benzene rings is 1. The highest BCUT2D eigenvalue weighted by molar-refractivity contribution is 6.00. The summed E-state index contributed by atoms with van der Waals surface area (Å²) in [5.74, 6) is 2.40. The lowest BCUT2D eigenvalue weighted by Gasteiger charge is -2.37. The van der Waals surface area contributed by atoms with Gasteiger partial charge in [0.05, 0.1) is 24.9 Å². The van der Waals surface area contributed by atoms with Gasteiger partial charge < -0.3 is 25.0 Å². The maximum absolute atomic E-state index is 11.4. The molecular weight excluding hydrogens is 518 g/mol. The molecule has 0 bridgehead atoms. The Morgan fingerprint density at radius 1 is 1.07 bits per heavy atom. The van der Waals surface area contributed by atoms with Crippen LogP contribution in [0.3, 0.4) is 0 Å². The van der Waals surface area contributed by atoms with Gasteiger partial charge in [0.15, 0.2) is 17.3 Å². The number of imidazole rings is 1. The smallest absolute Gasteiger partial charge is 0.433 e. The molecule has 3 N–H and O–H groups in total. The first-order valence-corrected chi connectivity index (χ1v) is 15.2. The normalized spacial score (nSPS) is 24.6. The van der Waals surface area contributed by atoms with Crippen LogP contribution in [0.1, 0.15) is 95.2 Å². The molecule has 10 nitrogen and oxygen atoms in total. The fourth-order valence-electron chi connectivity index (χ4n) is 6.94. The Kier molecular flexibility index (Phi) is 8.18. The summed E-state index contributed by atoms with van der Waals surface area (Å²) in [5.41, 5.74) is 9.77. The number of nitrogens with zero attached hydrogens (tertiary/aromatic N) is 6. The van der Waals surface area contributed by atoms with Crippen molar-refractivity contribution in [2.24, 2.45) is 22.6 Å². The molecule has 41 heavy (non-hydrogen) atoms. The summed E-state index contributed by atoms with van der Waals surface area (Å²) in [6.45, 7) is 5.13. The maximum Gasteiger partial charge on any atom is 0.433 e. The number of amides is 1. The Hall–Kier alpha value is -3.53. The Bertz CT molecular complexity index is 1400. The SMILES string of the molecule is CC1CCC(Cn2c(N3CCOC[C@H]3c3ccccc3)nc3nc(/C(N)=N/C(=O)O)nc(C4CCCCC4)c32)CC1.[HH]. The third-order valence-electron chi connectivity index (χ3n) is 9.19. The molecule has 3 aromatic rings. The van der Waals surface area contributed by atoms with Crippen LogP contribution in [0.15, 0.2) is 35.3 Å². The third-order valence-corrected chi connectivity index (χ3v) is 9.19. The van der Waals surface area contributed by atoms with Crippen LogP contribution in [0, 0.1) is 11.8 Å². The highest BCUT2D eigenvalue weighted by Gasteiger charge is 2.33. The van der Waals surface area contributed by atoms with Crippen LogP contribution in [0.25, 0.3) is 11.2 Å². The van der Waals surface area contributed by atoms with Crippen molar-refractivity contribution in [3.63, 3.8) is 0 Å². The van der Waals surface area contributed by atoms with E-state index < -0.39 is 6.09 Å². The van der Waals surface area contributed by atoms with Crippen LogP contribution in [0.5, 0.6) is 0 Å². The van der Waals surface area contributed by atoms with Gasteiger partial charge in [-0.25, -0.2) is 14.8 Å². The second kappa shape index (κ2) is 12.1. The van der Waals surface area contributed by atoms with Crippen LogP contribution in [0.2, 0.25) is 0 Å². The van der Waals surface area contributed by atoms with Gasteiger partial charge in [0.2, 0.25) is 5.95 Å². The molecule has 1 atom stereocenters. The number of hydrogen-bond donors (Lipinski definition) is 2. The van der Waals surface area contributed by atoms with E-state index in [1.54, 1.807) is 0 Å². The Balaban J connectivity index is 0.00000353. The number of morpholine rings is 1. The van der Waals surface area contributed by atoms with Crippen molar-refractivity contribution in [3.05, 3.63) is 47.4 Å². The standard InChI is InChI=1S/C31H41N7O3.H2/c1-20-12-14-21(15-13-20)18-38-26-25(23-10-6-3-7-11-23)33-29(27(32)34-31(39)40)35-28(26)36-30(38)37-16-17-41-19-24(37)22-8-4-2-5-9-22;/h2,4-5,8-9,20-21,23-24H,3,6-7,10-19H2,1H3,(H2,32,34)(H,39,40);1H/t20?,21?,24-;/m0./s1. The number of ether oxygens (including phenoxy) is 1. The highest BCUT2D eigenvalue weighted by atomic mass is 16.5. The number of nitrogens with two attached hydrogens (primary N) is 1. The van der Waals surface area contributed by atoms with Gasteiger partial charge in [0, 0.05) is 20.4 Å². The summed E-state index contributed by atoms with van der Waals surface area (Å²) < 4.78 is 8.36. The van der Waals surface area contributed by atoms with Crippen molar-refractivity contribution in [2.45, 2.75) is 83.2 Å². The van der Waals surface area contributed by atoms with Crippen LogP contribution >= 0.6 is 0 Å². The zero-order chi connectivity index (χ0) is 28.3. The average Bonchev–Trinajstić information content (AvgIpc) is 3.36. The average molecular weight is 562 g/mol. The summed E-state index contributed by atoms with van der Waals surface area (Å²) in [7, 11) is 0. The molecule has 6 rings (SSSR count). The molecule has 3 heterocycles. The lowest BCUT2D eigenvalue weighted by molar-refractivity contribution is 0.0927. The van der Waals surface area contributed by atoms with E-state index in [9.17, 15) is 9.90 Å². The fourth-order valence-corrected chi connectivity index (χ4v) is 6.94. The number of aromatic nitrogens is 4. The summed E-state index contributed by atoms with van der Waals surface area (Å²) in [5, 5.41) is 9.27. The third kappa shape index (κ3) is 5.93. The maximum atomic E-state index is 11.4. The second-order valence-electron chi connectivity index (χ2n) is 12.1. The van der Waals surface area contributed by atoms with E-state index in [1.807, 2.05) is 6.07 Å². The van der Waals surface area contributed by atoms with E-state index in [1.165, 1.54) is 37.7 Å². The minimum atomic E-state index is -1.36. The van der Waals surface area contributed by atoms with Gasteiger partial charge in [0.25, 0.3) is 0 Å². The number of fused-ring (bicyclic) bond motifs is 1. The van der Waals surface area contributed by atoms with Gasteiger partial charge in [0.1, 0.15) is 5.52 Å². The lowest BCUT2D eigenvalue weighted by atomic mass is 9.83. The van der Waals surface area contributed by atoms with Gasteiger partial charge in [-0.1, -0.05) is 69.4 Å². The molecule has 1 saturated heterocycles. The van der Waals surface area contributed by atoms with E-state index in [0.29, 0.717) is 31.3 Å². The van der Waals surface area contributed by atoms with E-state index in [-0.39, 0.29) is 25.0 Å². The minimum Gasteiger partial charge on any atom is -0.463 e. The first-order chi connectivity index (χ1) is 20.0. The van der Waals surface area contributed by atoms with Crippen LogP contribution in [0.4, 0.5) is 10.7 Å². The molecule has 3 aliphatic rings. The molecule has 1 aromatic carbocycles. The molecule has 220 valence electrons. The number of amidine groups is 1. The van der Waals surface area contributed by atoms with Gasteiger partial charge in [-0.2, -0.15) is 9.98 Å². The van der Waals surface area contributed by atoms with E-state index >= 15 is 0 Å². The number of rotatable bonds is 6. The zero-order valence-corrected chi connectivity index (χ0v) is 23.9. The van der Waals surface area contributed by atoms with Crippen molar-refractivity contribution >= 4 is 29.0 Å². The fraction of sp³-hybridized carbons (Fsp3) is 0.581. The van der Waals surface area contributed by atoms with Crippen LogP contribution in [-0.2, 0) is 11.3 Å². The van der Waals surface area contributed by atoms with Crippen LogP contribution < -0.4 is 10.6 Å². The highest BCUT2D eigenvalue weighted by Crippen LogP contribution is 2.40. The van der Waals surface area contributed by atoms with Crippen molar-refractivity contribution < 1.29 is 16.1 Å². The topological polar surface area (TPSA) is 132 Å². The molecule has 3 fully saturated rings. The molecule has 1 aliphatic heterocycles. The first-order valence-electron chi connectivity index (χ1n) is 15.2. The Morgan fingerprint density at radius 3 is 2.56 bits per heavy atom. The monoisotopic (exact) mass is 561 g/mol. The molecule has 2 aliphatic carbocycles. The van der Waals surface area contributed by atoms with Gasteiger partial charge in [-0.15, -0.1) is 0 Å². The molecule has 10 heteroatoms. The molecule has 1 amide bonds. The van der Waals surface area contributed by atoms with Crippen molar-refractivity contribution in [1.29, 1.82) is 0 Å². The number of hydrogen-bond acceptors (Lipinski definition) is 6. The Labute approximate surface area is 242 Å². The summed E-state index contributed by atoms with van der Waals surface area (Å²) >= 11 is 0. The van der Waals surface area contributed by atoms with E-state index in [4.69, 9.17) is 25.4 Å². The molecule has 2 saturated carbocycles. The van der Waals surface area contributed by atoms with Gasteiger partial charge in [-0.3, -0.25) is 0 Å². The predicted molar refractivity (Wildman–Crippen MR) is 160 cm³/mol. The van der Waals surface area contributed by atoms with Gasteiger partial charge in [-0.05, 0) is 43.1 Å². The Morgan fingerprint density at radius 2 is 1.83 bits per heavy atom. The molecule has 0 radical (unpaired) electrons. The summed E-state index contributed by atoms with van der Waals surface area (Å²) in [6.07, 6.45) is 9.10. The van der Waals surface area contributed by atoms with Crippen LogP contribution in [-0.4, -0.2) is 56.3 Å². The largest absolute Gasteiger partial charge is 0.463 e. The van der Waals surface area contributed by atoms with Gasteiger partial charge >= 0.3 is 6.09 Å². The molecule has 2 aromatic heterocycles. The number of carboxylic acid groups (broad SMARTS) is 1. The van der Waals surface area contributed by atoms with Crippen molar-refractivity contribution in [2.75, 3.05) is 24.7 Å². The summed E-state index contributed by atoms with van der Waals surface area (Å²) in [6, 6.07) is 10.5. The lowest BCUT2D eigenvalue weighted by Crippen LogP contribution is -2.41. The summed E-state index contributed by atoms with van der Waals surface area (Å²) in [4.78, 5) is 32.1. The first kappa shape index (κ1) is 27.6. The zero-order valence-electron chi connectivity index (χ0n) is 23.9. The quantitative estimate of drug-likeness (QED) is 0.281. The number of anilines is 1. The predicted octanol–water partition coefficient (Wildman–Crippen LogP) is 5.91.